The zero-order valence-electron chi connectivity index (χ0n) is 9.00. The summed E-state index contributed by atoms with van der Waals surface area (Å²) in [6.45, 7) is 1.72. The second-order valence-electron chi connectivity index (χ2n) is 4.16. The van der Waals surface area contributed by atoms with E-state index >= 15 is 0 Å². The Morgan fingerprint density at radius 1 is 1.50 bits per heavy atom. The van der Waals surface area contributed by atoms with Crippen molar-refractivity contribution in [3.63, 3.8) is 0 Å². The first-order chi connectivity index (χ1) is 7.72. The van der Waals surface area contributed by atoms with Crippen molar-refractivity contribution in [2.75, 3.05) is 13.2 Å². The van der Waals surface area contributed by atoms with Crippen LogP contribution in [-0.4, -0.2) is 29.2 Å². The molecule has 2 nitrogen and oxygen atoms in total. The molecule has 1 aromatic rings. The number of benzene rings is 1. The molecule has 1 saturated heterocycles. The van der Waals surface area contributed by atoms with Gasteiger partial charge in [-0.3, -0.25) is 4.90 Å². The molecular formula is C12H15ClFNO. The summed E-state index contributed by atoms with van der Waals surface area (Å²) in [5.74, 6) is -0.376. The first-order valence-electron chi connectivity index (χ1n) is 5.50. The summed E-state index contributed by atoms with van der Waals surface area (Å²) >= 11 is 5.90. The van der Waals surface area contributed by atoms with Crippen LogP contribution in [0.15, 0.2) is 18.2 Å². The van der Waals surface area contributed by atoms with Crippen molar-refractivity contribution < 1.29 is 9.50 Å². The van der Waals surface area contributed by atoms with E-state index in [4.69, 9.17) is 11.6 Å². The molecule has 0 radical (unpaired) electrons. The highest BCUT2D eigenvalue weighted by Gasteiger charge is 2.24. The SMILES string of the molecule is OC[C@H]1CCCN1Cc1cccc(F)c1Cl. The Hall–Kier alpha value is -0.640. The van der Waals surface area contributed by atoms with Gasteiger partial charge in [-0.05, 0) is 31.0 Å². The number of hydrogen-bond donors (Lipinski definition) is 1. The number of aliphatic hydroxyl groups is 1. The minimum Gasteiger partial charge on any atom is -0.395 e. The Balaban J connectivity index is 2.11. The standard InChI is InChI=1S/C12H15ClFNO/c13-12-9(3-1-5-11(12)14)7-15-6-2-4-10(15)8-16/h1,3,5,10,16H,2,4,6-8H2/t10-/m1/s1. The fourth-order valence-corrected chi connectivity index (χ4v) is 2.39. The van der Waals surface area contributed by atoms with E-state index in [2.05, 4.69) is 4.90 Å². The van der Waals surface area contributed by atoms with Gasteiger partial charge in [-0.25, -0.2) is 4.39 Å². The summed E-state index contributed by atoms with van der Waals surface area (Å²) in [5, 5.41) is 9.39. The Kier molecular flexibility index (Phi) is 3.79. The third-order valence-corrected chi connectivity index (χ3v) is 3.54. The van der Waals surface area contributed by atoms with Crippen molar-refractivity contribution in [3.05, 3.63) is 34.6 Å². The second-order valence-corrected chi connectivity index (χ2v) is 4.54. The molecule has 0 spiro atoms. The van der Waals surface area contributed by atoms with Crippen LogP contribution in [0, 0.1) is 5.82 Å². The van der Waals surface area contributed by atoms with Crippen LogP contribution in [0.4, 0.5) is 4.39 Å². The Bertz CT molecular complexity index is 372. The number of halogens is 2. The molecule has 1 aliphatic heterocycles. The lowest BCUT2D eigenvalue weighted by Gasteiger charge is -2.23. The van der Waals surface area contributed by atoms with Crippen molar-refractivity contribution >= 4 is 11.6 Å². The first kappa shape index (κ1) is 11.8. The van der Waals surface area contributed by atoms with E-state index in [1.807, 2.05) is 6.07 Å². The largest absolute Gasteiger partial charge is 0.395 e. The monoisotopic (exact) mass is 243 g/mol. The van der Waals surface area contributed by atoms with Crippen LogP contribution in [0.1, 0.15) is 18.4 Å². The maximum absolute atomic E-state index is 13.2. The van der Waals surface area contributed by atoms with E-state index in [1.165, 1.54) is 6.07 Å². The van der Waals surface area contributed by atoms with Crippen LogP contribution in [-0.2, 0) is 6.54 Å². The van der Waals surface area contributed by atoms with Gasteiger partial charge in [-0.2, -0.15) is 0 Å². The van der Waals surface area contributed by atoms with Crippen LogP contribution < -0.4 is 0 Å². The highest BCUT2D eigenvalue weighted by Crippen LogP contribution is 2.25. The molecule has 1 fully saturated rings. The molecule has 0 amide bonds. The van der Waals surface area contributed by atoms with Crippen molar-refractivity contribution in [3.8, 4) is 0 Å². The van der Waals surface area contributed by atoms with E-state index in [1.54, 1.807) is 6.07 Å². The van der Waals surface area contributed by atoms with Crippen LogP contribution >= 0.6 is 11.6 Å². The minimum atomic E-state index is -0.376. The molecule has 1 N–H and O–H groups in total. The highest BCUT2D eigenvalue weighted by molar-refractivity contribution is 6.31. The Morgan fingerprint density at radius 2 is 2.31 bits per heavy atom. The molecule has 0 aromatic heterocycles. The number of hydrogen-bond acceptors (Lipinski definition) is 2. The fourth-order valence-electron chi connectivity index (χ4n) is 2.20. The predicted molar refractivity (Wildman–Crippen MR) is 61.9 cm³/mol. The van der Waals surface area contributed by atoms with Gasteiger partial charge in [0.05, 0.1) is 11.6 Å². The summed E-state index contributed by atoms with van der Waals surface area (Å²) in [5.41, 5.74) is 0.794. The highest BCUT2D eigenvalue weighted by atomic mass is 35.5. The summed E-state index contributed by atoms with van der Waals surface area (Å²) in [7, 11) is 0. The summed E-state index contributed by atoms with van der Waals surface area (Å²) in [6, 6.07) is 5.05. The zero-order valence-corrected chi connectivity index (χ0v) is 9.75. The zero-order chi connectivity index (χ0) is 11.5. The molecule has 1 atom stereocenters. The lowest BCUT2D eigenvalue weighted by atomic mass is 10.2. The van der Waals surface area contributed by atoms with Crippen molar-refractivity contribution in [1.29, 1.82) is 0 Å². The van der Waals surface area contributed by atoms with Crippen LogP contribution in [0.5, 0.6) is 0 Å². The molecule has 0 bridgehead atoms. The molecule has 0 unspecified atom stereocenters. The van der Waals surface area contributed by atoms with Gasteiger partial charge in [0.25, 0.3) is 0 Å². The molecular weight excluding hydrogens is 229 g/mol. The maximum atomic E-state index is 13.2. The van der Waals surface area contributed by atoms with Crippen molar-refractivity contribution in [2.45, 2.75) is 25.4 Å². The molecule has 1 heterocycles. The summed E-state index contributed by atoms with van der Waals surface area (Å²) in [4.78, 5) is 2.15. The molecule has 88 valence electrons. The van der Waals surface area contributed by atoms with Crippen molar-refractivity contribution in [1.82, 2.24) is 4.90 Å². The molecule has 0 saturated carbocycles. The van der Waals surface area contributed by atoms with E-state index in [9.17, 15) is 9.50 Å². The average molecular weight is 244 g/mol. The van der Waals surface area contributed by atoms with Gasteiger partial charge in [-0.15, -0.1) is 0 Å². The van der Waals surface area contributed by atoms with Gasteiger partial charge in [0, 0.05) is 12.6 Å². The molecule has 4 heteroatoms. The minimum absolute atomic E-state index is 0.160. The molecule has 1 aromatic carbocycles. The number of rotatable bonds is 3. The molecule has 16 heavy (non-hydrogen) atoms. The van der Waals surface area contributed by atoms with Crippen molar-refractivity contribution in [2.24, 2.45) is 0 Å². The van der Waals surface area contributed by atoms with E-state index in [-0.39, 0.29) is 23.5 Å². The average Bonchev–Trinajstić information content (AvgIpc) is 2.72. The lowest BCUT2D eigenvalue weighted by molar-refractivity contribution is 0.153. The normalized spacial score (nSPS) is 21.6. The Labute approximate surface area is 99.6 Å². The van der Waals surface area contributed by atoms with Crippen LogP contribution in [0.25, 0.3) is 0 Å². The number of aliphatic hydroxyl groups excluding tert-OH is 1. The van der Waals surface area contributed by atoms with Gasteiger partial charge < -0.3 is 5.11 Å². The summed E-state index contributed by atoms with van der Waals surface area (Å²) < 4.78 is 13.2. The van der Waals surface area contributed by atoms with Crippen LogP contribution in [0.2, 0.25) is 5.02 Å². The predicted octanol–water partition coefficient (Wildman–Crippen LogP) is 2.44. The number of likely N-dealkylation sites (tertiary alicyclic amines) is 1. The summed E-state index contributed by atoms with van der Waals surface area (Å²) in [6.07, 6.45) is 2.08. The van der Waals surface area contributed by atoms with Gasteiger partial charge in [-0.1, -0.05) is 23.7 Å². The maximum Gasteiger partial charge on any atom is 0.142 e. The quantitative estimate of drug-likeness (QED) is 0.882. The molecule has 0 aliphatic carbocycles. The smallest absolute Gasteiger partial charge is 0.142 e. The van der Waals surface area contributed by atoms with Crippen LogP contribution in [0.3, 0.4) is 0 Å². The fraction of sp³-hybridized carbons (Fsp3) is 0.500. The van der Waals surface area contributed by atoms with Gasteiger partial charge in [0.2, 0.25) is 0 Å². The van der Waals surface area contributed by atoms with Gasteiger partial charge in [0.15, 0.2) is 0 Å². The third kappa shape index (κ3) is 2.37. The lowest BCUT2D eigenvalue weighted by Crippen LogP contribution is -2.31. The Morgan fingerprint density at radius 3 is 3.06 bits per heavy atom. The van der Waals surface area contributed by atoms with E-state index in [0.717, 1.165) is 24.9 Å². The number of nitrogens with zero attached hydrogens (tertiary/aromatic N) is 1. The van der Waals surface area contributed by atoms with E-state index in [0.29, 0.717) is 6.54 Å². The topological polar surface area (TPSA) is 23.5 Å². The van der Waals surface area contributed by atoms with Gasteiger partial charge in [0.1, 0.15) is 5.82 Å². The molecule has 1 aliphatic rings. The second kappa shape index (κ2) is 5.13. The van der Waals surface area contributed by atoms with Gasteiger partial charge >= 0.3 is 0 Å². The molecule has 2 rings (SSSR count). The van der Waals surface area contributed by atoms with E-state index < -0.39 is 0 Å². The third-order valence-electron chi connectivity index (χ3n) is 3.11. The first-order valence-corrected chi connectivity index (χ1v) is 5.88.